The molecule has 412 valence electrons. The van der Waals surface area contributed by atoms with E-state index in [0.717, 1.165) is 97.3 Å². The van der Waals surface area contributed by atoms with E-state index in [0.29, 0.717) is 37.7 Å². The lowest BCUT2D eigenvalue weighted by Crippen LogP contribution is -2.35. The van der Waals surface area contributed by atoms with Crippen molar-refractivity contribution in [3.05, 3.63) is 189 Å². The van der Waals surface area contributed by atoms with Crippen LogP contribution in [0, 0.1) is 12.8 Å². The summed E-state index contributed by atoms with van der Waals surface area (Å²) in [6.07, 6.45) is 20.1. The summed E-state index contributed by atoms with van der Waals surface area (Å²) in [6, 6.07) is 49.3. The molecule has 11 rings (SSSR count). The van der Waals surface area contributed by atoms with Gasteiger partial charge in [-0.2, -0.15) is 0 Å². The van der Waals surface area contributed by atoms with E-state index in [9.17, 15) is 4.79 Å². The Labute approximate surface area is 483 Å². The van der Waals surface area contributed by atoms with E-state index in [2.05, 4.69) is 166 Å². The van der Waals surface area contributed by atoms with E-state index in [1.54, 1.807) is 7.11 Å². The number of esters is 1. The Kier molecular flexibility index (Phi) is 16.6. The summed E-state index contributed by atoms with van der Waals surface area (Å²) in [6.45, 7) is 12.5. The molecular weight excluding hydrogens is 1050 g/mol. The molecule has 1 saturated carbocycles. The van der Waals surface area contributed by atoms with Crippen molar-refractivity contribution < 1.29 is 28.5 Å². The Morgan fingerprint density at radius 2 is 1.31 bits per heavy atom. The molecule has 0 spiro atoms. The smallest absolute Gasteiger partial charge is 0.311 e. The normalized spacial score (nSPS) is 17.8. The van der Waals surface area contributed by atoms with Crippen LogP contribution >= 0.6 is 15.9 Å². The predicted octanol–water partition coefficient (Wildman–Crippen LogP) is 20.0. The van der Waals surface area contributed by atoms with Crippen LogP contribution in [0.5, 0.6) is 28.7 Å². The maximum atomic E-state index is 13.8. The molecule has 6 nitrogen and oxygen atoms in total. The maximum Gasteiger partial charge on any atom is 0.311 e. The molecule has 8 aromatic carbocycles. The number of aryl methyl sites for hydroxylation is 1. The number of hydrogen-bond acceptors (Lipinski definition) is 6. The number of carbonyl (C=O) groups is 1. The van der Waals surface area contributed by atoms with Crippen LogP contribution in [0.4, 0.5) is 0 Å². The number of carbonyl (C=O) groups excluding carboxylic acids is 1. The molecule has 1 fully saturated rings. The molecule has 1 atom stereocenters. The third-order valence-corrected chi connectivity index (χ3v) is 18.2. The van der Waals surface area contributed by atoms with Crippen molar-refractivity contribution in [1.29, 1.82) is 0 Å². The SMILES string of the molecule is CCCCCC1CCC(c2ccc(-c3ccc(OCCCCCC(=O)Oc4cccc5c4c(Br)cc4c6c(c7c(c45)OC(c4ccc(OC)cc4)(c4ccc(OCCCC)cc4)C=C7)C(C)(C)c4cc(C)ccc4-6)cc3)cc2)CC1. The molecule has 1 unspecified atom stereocenters. The Hall–Kier alpha value is -6.83. The van der Waals surface area contributed by atoms with Gasteiger partial charge in [-0.15, -0.1) is 0 Å². The summed E-state index contributed by atoms with van der Waals surface area (Å²) < 4.78 is 33.0. The first-order valence-corrected chi connectivity index (χ1v) is 30.5. The highest BCUT2D eigenvalue weighted by Crippen LogP contribution is 2.60. The quantitative estimate of drug-likeness (QED) is 0.0309. The highest BCUT2D eigenvalue weighted by molar-refractivity contribution is 9.10. The van der Waals surface area contributed by atoms with Gasteiger partial charge in [0.1, 0.15) is 28.7 Å². The highest BCUT2D eigenvalue weighted by Gasteiger charge is 2.45. The Morgan fingerprint density at radius 3 is 1.99 bits per heavy atom. The molecule has 7 heteroatoms. The van der Waals surface area contributed by atoms with Crippen LogP contribution in [0.1, 0.15) is 162 Å². The molecule has 0 radical (unpaired) electrons. The van der Waals surface area contributed by atoms with Crippen molar-refractivity contribution in [3.63, 3.8) is 0 Å². The summed E-state index contributed by atoms with van der Waals surface area (Å²) in [5.41, 5.74) is 11.7. The van der Waals surface area contributed by atoms with Crippen LogP contribution in [0.25, 0.3) is 49.9 Å². The molecule has 0 saturated heterocycles. The summed E-state index contributed by atoms with van der Waals surface area (Å²) in [5.74, 6) is 5.10. The van der Waals surface area contributed by atoms with Gasteiger partial charge in [-0.25, -0.2) is 0 Å². The minimum absolute atomic E-state index is 0.263. The van der Waals surface area contributed by atoms with Crippen molar-refractivity contribution >= 4 is 49.5 Å². The molecule has 0 N–H and O–H groups in total. The molecule has 3 aliphatic rings. The number of halogens is 1. The van der Waals surface area contributed by atoms with E-state index in [1.165, 1.54) is 95.9 Å². The highest BCUT2D eigenvalue weighted by atomic mass is 79.9. The molecule has 0 aromatic heterocycles. The first-order chi connectivity index (χ1) is 39.0. The summed E-state index contributed by atoms with van der Waals surface area (Å²) in [7, 11) is 1.69. The van der Waals surface area contributed by atoms with Crippen molar-refractivity contribution in [3.8, 4) is 51.0 Å². The average molecular weight is 1130 g/mol. The molecule has 1 heterocycles. The minimum atomic E-state index is -1.02. The molecule has 1 aliphatic heterocycles. The van der Waals surface area contributed by atoms with Crippen LogP contribution in [0.2, 0.25) is 0 Å². The first kappa shape index (κ1) is 55.1. The fraction of sp³-hybridized carbons (Fsp3) is 0.356. The van der Waals surface area contributed by atoms with Crippen molar-refractivity contribution in [1.82, 2.24) is 0 Å². The number of ether oxygens (including phenoxy) is 5. The number of hydrogen-bond donors (Lipinski definition) is 0. The van der Waals surface area contributed by atoms with Crippen LogP contribution in [-0.2, 0) is 15.8 Å². The fourth-order valence-electron chi connectivity index (χ4n) is 13.1. The first-order valence-electron chi connectivity index (χ1n) is 29.7. The maximum absolute atomic E-state index is 13.8. The van der Waals surface area contributed by atoms with Gasteiger partial charge in [-0.3, -0.25) is 4.79 Å². The van der Waals surface area contributed by atoms with Crippen LogP contribution in [-0.4, -0.2) is 26.3 Å². The average Bonchev–Trinajstić information content (AvgIpc) is 3.62. The molecular formula is C73H77BrO6. The van der Waals surface area contributed by atoms with E-state index in [1.807, 2.05) is 36.4 Å². The fourth-order valence-corrected chi connectivity index (χ4v) is 13.7. The predicted molar refractivity (Wildman–Crippen MR) is 332 cm³/mol. The minimum Gasteiger partial charge on any atom is -0.497 e. The van der Waals surface area contributed by atoms with Gasteiger partial charge in [0.15, 0.2) is 5.60 Å². The second kappa shape index (κ2) is 24.1. The molecule has 0 amide bonds. The lowest BCUT2D eigenvalue weighted by Gasteiger charge is -2.38. The third-order valence-electron chi connectivity index (χ3n) is 17.5. The van der Waals surface area contributed by atoms with Gasteiger partial charge in [0, 0.05) is 43.8 Å². The summed E-state index contributed by atoms with van der Waals surface area (Å²) in [5, 5.41) is 3.78. The lowest BCUT2D eigenvalue weighted by atomic mass is 9.76. The zero-order valence-corrected chi connectivity index (χ0v) is 49.3. The van der Waals surface area contributed by atoms with Gasteiger partial charge in [0.05, 0.1) is 20.3 Å². The largest absolute Gasteiger partial charge is 0.497 e. The molecule has 8 aromatic rings. The topological polar surface area (TPSA) is 63.2 Å². The van der Waals surface area contributed by atoms with Crippen molar-refractivity contribution in [2.45, 2.75) is 141 Å². The third kappa shape index (κ3) is 11.0. The zero-order chi connectivity index (χ0) is 55.4. The summed E-state index contributed by atoms with van der Waals surface area (Å²) in [4.78, 5) is 13.8. The van der Waals surface area contributed by atoms with Crippen LogP contribution in [0.3, 0.4) is 0 Å². The van der Waals surface area contributed by atoms with E-state index >= 15 is 0 Å². The Balaban J connectivity index is 0.810. The van der Waals surface area contributed by atoms with Crippen molar-refractivity contribution in [2.24, 2.45) is 5.92 Å². The van der Waals surface area contributed by atoms with E-state index in [-0.39, 0.29) is 11.4 Å². The monoisotopic (exact) mass is 1130 g/mol. The second-order valence-corrected chi connectivity index (χ2v) is 24.1. The standard InChI is InChI=1S/C73H77BrO6/c1-7-9-12-16-49-21-23-50(24-22-49)51-25-27-52(28-26-51)53-29-35-57(36-30-53)78-45-14-11-13-19-66(75)79-65-18-15-17-60-68-62(47-64(74)69(60)65)67-59-41-20-48(3)46-63(59)72(4,5)70(67)61-42-43-73(80-71(61)68,54-31-37-56(76-6)38-32-54)55-33-39-58(40-34-55)77-44-10-8-2/h15,17-18,20,25-43,46-47,49-50H,7-14,16,19,21-24,44-45H2,1-6H3. The van der Waals surface area contributed by atoms with E-state index in [4.69, 9.17) is 23.7 Å². The van der Waals surface area contributed by atoms with Crippen molar-refractivity contribution in [2.75, 3.05) is 20.3 Å². The Morgan fingerprint density at radius 1 is 0.662 bits per heavy atom. The number of unbranched alkanes of at least 4 members (excludes halogenated alkanes) is 5. The van der Waals surface area contributed by atoms with Gasteiger partial charge in [-0.1, -0.05) is 162 Å². The van der Waals surface area contributed by atoms with Crippen LogP contribution in [0.15, 0.2) is 150 Å². The molecule has 0 bridgehead atoms. The Bertz CT molecular complexity index is 3510. The van der Waals surface area contributed by atoms with Gasteiger partial charge in [0.2, 0.25) is 0 Å². The summed E-state index contributed by atoms with van der Waals surface area (Å²) >= 11 is 4.04. The van der Waals surface area contributed by atoms with Gasteiger partial charge in [0.25, 0.3) is 0 Å². The number of rotatable bonds is 21. The van der Waals surface area contributed by atoms with Gasteiger partial charge in [-0.05, 0) is 190 Å². The zero-order valence-electron chi connectivity index (χ0n) is 47.7. The lowest BCUT2D eigenvalue weighted by molar-refractivity contribution is -0.134. The number of fused-ring (bicyclic) bond motifs is 10. The van der Waals surface area contributed by atoms with Crippen LogP contribution < -0.4 is 23.7 Å². The van der Waals surface area contributed by atoms with Gasteiger partial charge < -0.3 is 23.7 Å². The van der Waals surface area contributed by atoms with E-state index < -0.39 is 5.60 Å². The number of benzene rings is 8. The molecule has 80 heavy (non-hydrogen) atoms. The molecule has 2 aliphatic carbocycles. The second-order valence-electron chi connectivity index (χ2n) is 23.2. The van der Waals surface area contributed by atoms with Gasteiger partial charge >= 0.3 is 5.97 Å². The number of methoxy groups -OCH3 is 1.